The minimum absolute atomic E-state index is 0.00864. The Kier molecular flexibility index (Phi) is 5.42. The van der Waals surface area contributed by atoms with Crippen LogP contribution < -0.4 is 0 Å². The lowest BCUT2D eigenvalue weighted by Gasteiger charge is -2.26. The first-order valence-electron chi connectivity index (χ1n) is 8.88. The predicted octanol–water partition coefficient (Wildman–Crippen LogP) is 3.93. The number of imide groups is 1. The Morgan fingerprint density at radius 2 is 2.00 bits per heavy atom. The summed E-state index contributed by atoms with van der Waals surface area (Å²) >= 11 is 0. The van der Waals surface area contributed by atoms with E-state index >= 15 is 0 Å². The summed E-state index contributed by atoms with van der Waals surface area (Å²) in [6.45, 7) is 6.61. The van der Waals surface area contributed by atoms with Crippen LogP contribution in [0.5, 0.6) is 0 Å². The molecule has 0 spiro atoms. The molecule has 0 fully saturated rings. The Hall–Kier alpha value is -3.98. The number of Topliss-reactive ketones (excluding diaryl/α,β-unsaturated/α-hetero) is 1. The maximum atomic E-state index is 12.8. The Balaban J connectivity index is 2.03. The van der Waals surface area contributed by atoms with Gasteiger partial charge >= 0.3 is 0 Å². The van der Waals surface area contributed by atoms with Gasteiger partial charge in [0, 0.05) is 23.2 Å². The molecule has 2 amide bonds. The van der Waals surface area contributed by atoms with Crippen LogP contribution >= 0.6 is 0 Å². The summed E-state index contributed by atoms with van der Waals surface area (Å²) in [6.07, 6.45) is 2.94. The second kappa shape index (κ2) is 7.95. The summed E-state index contributed by atoms with van der Waals surface area (Å²) in [7, 11) is 0. The summed E-state index contributed by atoms with van der Waals surface area (Å²) in [6, 6.07) is 12.3. The lowest BCUT2D eigenvalue weighted by atomic mass is 9.94. The highest BCUT2D eigenvalue weighted by Crippen LogP contribution is 2.29. The molecule has 29 heavy (non-hydrogen) atoms. The fourth-order valence-corrected chi connectivity index (χ4v) is 3.04. The Bertz CT molecular complexity index is 1140. The molecule has 2 heterocycles. The van der Waals surface area contributed by atoms with Crippen LogP contribution in [0.4, 0.5) is 0 Å². The van der Waals surface area contributed by atoms with Crippen molar-refractivity contribution in [3.05, 3.63) is 77.1 Å². The predicted molar refractivity (Wildman–Crippen MR) is 107 cm³/mol. The SMILES string of the molecule is C=CCN1C(=O)C(C#N)=C(C)/C(=C\c2ccc(-c3cccc(C(C)=O)c3)o2)C1=O. The molecule has 1 aliphatic rings. The normalized spacial score (nSPS) is 15.6. The number of amides is 2. The molecule has 6 nitrogen and oxygen atoms in total. The molecular formula is C23H18N2O4. The average Bonchev–Trinajstić information content (AvgIpc) is 3.18. The number of nitrogens with zero attached hydrogens (tertiary/aromatic N) is 2. The topological polar surface area (TPSA) is 91.4 Å². The molecule has 1 aromatic carbocycles. The lowest BCUT2D eigenvalue weighted by Crippen LogP contribution is -2.42. The van der Waals surface area contributed by atoms with Crippen LogP contribution in [0.3, 0.4) is 0 Å². The van der Waals surface area contributed by atoms with E-state index in [2.05, 4.69) is 6.58 Å². The molecule has 6 heteroatoms. The van der Waals surface area contributed by atoms with Crippen molar-refractivity contribution in [1.29, 1.82) is 5.26 Å². The molecule has 3 rings (SSSR count). The van der Waals surface area contributed by atoms with Gasteiger partial charge < -0.3 is 4.42 Å². The van der Waals surface area contributed by atoms with Crippen molar-refractivity contribution in [2.45, 2.75) is 13.8 Å². The van der Waals surface area contributed by atoms with Crippen molar-refractivity contribution in [1.82, 2.24) is 4.90 Å². The third-order valence-electron chi connectivity index (χ3n) is 4.60. The van der Waals surface area contributed by atoms with Gasteiger partial charge in [0.25, 0.3) is 11.8 Å². The average molecular weight is 386 g/mol. The summed E-state index contributed by atoms with van der Waals surface area (Å²) in [5, 5.41) is 9.34. The number of rotatable bonds is 5. The standard InChI is InChI=1S/C23H18N2O4/c1-4-10-25-22(27)19(14(2)20(13-24)23(25)28)12-18-8-9-21(29-18)17-7-5-6-16(11-17)15(3)26/h4-9,11-12H,1,10H2,2-3H3/b19-12+. The van der Waals surface area contributed by atoms with Crippen LogP contribution in [0.25, 0.3) is 17.4 Å². The van der Waals surface area contributed by atoms with Crippen LogP contribution in [-0.2, 0) is 9.59 Å². The molecule has 0 atom stereocenters. The van der Waals surface area contributed by atoms with Gasteiger partial charge in [-0.05, 0) is 43.7 Å². The van der Waals surface area contributed by atoms with E-state index in [9.17, 15) is 19.6 Å². The molecule has 2 aromatic rings. The monoisotopic (exact) mass is 386 g/mol. The first kappa shape index (κ1) is 19.8. The second-order valence-electron chi connectivity index (χ2n) is 6.52. The van der Waals surface area contributed by atoms with E-state index in [1.54, 1.807) is 37.3 Å². The number of hydrogen-bond acceptors (Lipinski definition) is 5. The van der Waals surface area contributed by atoms with Gasteiger partial charge in [0.2, 0.25) is 0 Å². The molecule has 0 saturated carbocycles. The quantitative estimate of drug-likeness (QED) is 0.336. The summed E-state index contributed by atoms with van der Waals surface area (Å²) in [5.74, 6) is -0.271. The first-order valence-corrected chi connectivity index (χ1v) is 8.88. The fraction of sp³-hybridized carbons (Fsp3) is 0.130. The van der Waals surface area contributed by atoms with Gasteiger partial charge in [0.05, 0.1) is 0 Å². The molecule has 144 valence electrons. The largest absolute Gasteiger partial charge is 0.457 e. The van der Waals surface area contributed by atoms with Crippen LogP contribution in [0.1, 0.15) is 30.0 Å². The molecule has 0 bridgehead atoms. The number of nitriles is 1. The zero-order valence-corrected chi connectivity index (χ0v) is 16.1. The van der Waals surface area contributed by atoms with Gasteiger partial charge in [0.1, 0.15) is 23.2 Å². The van der Waals surface area contributed by atoms with Crippen LogP contribution in [0.15, 0.2) is 70.2 Å². The smallest absolute Gasteiger partial charge is 0.271 e. The minimum atomic E-state index is -0.631. The van der Waals surface area contributed by atoms with Crippen LogP contribution in [-0.4, -0.2) is 29.0 Å². The van der Waals surface area contributed by atoms with E-state index in [-0.39, 0.29) is 23.5 Å². The third kappa shape index (κ3) is 3.71. The van der Waals surface area contributed by atoms with E-state index in [1.807, 2.05) is 12.1 Å². The van der Waals surface area contributed by atoms with Crippen LogP contribution in [0, 0.1) is 11.3 Å². The highest BCUT2D eigenvalue weighted by atomic mass is 16.3. The molecule has 1 aliphatic heterocycles. The zero-order chi connectivity index (χ0) is 21.1. The van der Waals surface area contributed by atoms with E-state index < -0.39 is 11.8 Å². The molecule has 1 aromatic heterocycles. The second-order valence-corrected chi connectivity index (χ2v) is 6.52. The lowest BCUT2D eigenvalue weighted by molar-refractivity contribution is -0.139. The summed E-state index contributed by atoms with van der Waals surface area (Å²) in [4.78, 5) is 37.7. The van der Waals surface area contributed by atoms with Gasteiger partial charge in [-0.3, -0.25) is 19.3 Å². The number of carbonyl (C=O) groups is 3. The van der Waals surface area contributed by atoms with Gasteiger partial charge in [-0.1, -0.05) is 24.3 Å². The highest BCUT2D eigenvalue weighted by Gasteiger charge is 2.34. The number of carbonyl (C=O) groups excluding carboxylic acids is 3. The third-order valence-corrected chi connectivity index (χ3v) is 4.60. The van der Waals surface area contributed by atoms with Crippen molar-refractivity contribution < 1.29 is 18.8 Å². The maximum absolute atomic E-state index is 12.8. The number of benzene rings is 1. The Morgan fingerprint density at radius 3 is 2.66 bits per heavy atom. The molecule has 0 N–H and O–H groups in total. The van der Waals surface area contributed by atoms with Crippen molar-refractivity contribution >= 4 is 23.7 Å². The van der Waals surface area contributed by atoms with Crippen molar-refractivity contribution in [3.63, 3.8) is 0 Å². The van der Waals surface area contributed by atoms with Gasteiger partial charge in [0.15, 0.2) is 5.78 Å². The van der Waals surface area contributed by atoms with Gasteiger partial charge in [-0.2, -0.15) is 5.26 Å². The Labute approximate surface area is 168 Å². The Morgan fingerprint density at radius 1 is 1.24 bits per heavy atom. The first-order chi connectivity index (χ1) is 13.9. The maximum Gasteiger partial charge on any atom is 0.271 e. The zero-order valence-electron chi connectivity index (χ0n) is 16.1. The highest BCUT2D eigenvalue weighted by molar-refractivity contribution is 6.19. The van der Waals surface area contributed by atoms with Crippen LogP contribution in [0.2, 0.25) is 0 Å². The molecular weight excluding hydrogens is 368 g/mol. The molecule has 0 unspecified atom stereocenters. The molecule has 0 saturated heterocycles. The van der Waals surface area contributed by atoms with Crippen molar-refractivity contribution in [2.75, 3.05) is 6.54 Å². The number of ketones is 1. The molecule has 0 aliphatic carbocycles. The fourth-order valence-electron chi connectivity index (χ4n) is 3.04. The van der Waals surface area contributed by atoms with Gasteiger partial charge in [-0.25, -0.2) is 0 Å². The number of furan rings is 1. The van der Waals surface area contributed by atoms with E-state index in [0.29, 0.717) is 22.7 Å². The van der Waals surface area contributed by atoms with Crippen molar-refractivity contribution in [2.24, 2.45) is 0 Å². The number of hydrogen-bond donors (Lipinski definition) is 0. The molecule has 0 radical (unpaired) electrons. The van der Waals surface area contributed by atoms with Crippen molar-refractivity contribution in [3.8, 4) is 17.4 Å². The van der Waals surface area contributed by atoms with E-state index in [0.717, 1.165) is 10.5 Å². The van der Waals surface area contributed by atoms with E-state index in [1.165, 1.54) is 19.1 Å². The van der Waals surface area contributed by atoms with E-state index in [4.69, 9.17) is 4.42 Å². The summed E-state index contributed by atoms with van der Waals surface area (Å²) < 4.78 is 5.83. The summed E-state index contributed by atoms with van der Waals surface area (Å²) in [5.41, 5.74) is 1.72. The minimum Gasteiger partial charge on any atom is -0.457 e. The van der Waals surface area contributed by atoms with Gasteiger partial charge in [-0.15, -0.1) is 6.58 Å².